The van der Waals surface area contributed by atoms with Crippen LogP contribution in [0.2, 0.25) is 0 Å². The number of hydrogen-bond acceptors (Lipinski definition) is 6. The molecular formula is C13H22O6. The summed E-state index contributed by atoms with van der Waals surface area (Å²) in [6.45, 7) is 7.20. The van der Waals surface area contributed by atoms with Gasteiger partial charge in [-0.1, -0.05) is 6.92 Å². The summed E-state index contributed by atoms with van der Waals surface area (Å²) in [7, 11) is 0. The average Bonchev–Trinajstić information content (AvgIpc) is 2.29. The fourth-order valence-electron chi connectivity index (χ4n) is 1.63. The Morgan fingerprint density at radius 2 is 1.26 bits per heavy atom. The first-order valence-corrected chi connectivity index (χ1v) is 6.46. The molecule has 110 valence electrons. The summed E-state index contributed by atoms with van der Waals surface area (Å²) in [5.41, 5.74) is 0. The van der Waals surface area contributed by atoms with Gasteiger partial charge in [-0.2, -0.15) is 0 Å². The normalized spacial score (nSPS) is 11.8. The molecule has 0 heterocycles. The average molecular weight is 274 g/mol. The van der Waals surface area contributed by atoms with E-state index in [1.165, 1.54) is 0 Å². The zero-order valence-corrected chi connectivity index (χ0v) is 11.9. The van der Waals surface area contributed by atoms with E-state index in [9.17, 15) is 14.4 Å². The zero-order valence-electron chi connectivity index (χ0n) is 11.9. The van der Waals surface area contributed by atoms with Crippen LogP contribution in [0.5, 0.6) is 0 Å². The molecule has 0 aliphatic carbocycles. The van der Waals surface area contributed by atoms with E-state index in [0.717, 1.165) is 0 Å². The van der Waals surface area contributed by atoms with Gasteiger partial charge in [0, 0.05) is 6.42 Å². The molecule has 0 aromatic heterocycles. The topological polar surface area (TPSA) is 78.9 Å². The standard InChI is InChI=1S/C13H22O6/c1-5-17-10(14)8-9(4)11(12(15)18-6-2)13(16)19-7-3/h9,11H,5-8H2,1-4H3/t9-/m1/s1. The van der Waals surface area contributed by atoms with Crippen molar-refractivity contribution in [3.05, 3.63) is 0 Å². The van der Waals surface area contributed by atoms with Gasteiger partial charge in [-0.05, 0) is 26.7 Å². The van der Waals surface area contributed by atoms with Crippen molar-refractivity contribution in [1.82, 2.24) is 0 Å². The quantitative estimate of drug-likeness (QED) is 0.377. The van der Waals surface area contributed by atoms with Gasteiger partial charge >= 0.3 is 17.9 Å². The molecule has 0 radical (unpaired) electrons. The molecule has 0 spiro atoms. The molecule has 6 nitrogen and oxygen atoms in total. The van der Waals surface area contributed by atoms with Crippen LogP contribution in [-0.2, 0) is 28.6 Å². The highest BCUT2D eigenvalue weighted by Gasteiger charge is 2.36. The Labute approximate surface area is 113 Å². The summed E-state index contributed by atoms with van der Waals surface area (Å²) in [4.78, 5) is 34.9. The van der Waals surface area contributed by atoms with E-state index in [1.54, 1.807) is 27.7 Å². The summed E-state index contributed by atoms with van der Waals surface area (Å²) in [5, 5.41) is 0. The first-order valence-electron chi connectivity index (χ1n) is 6.46. The van der Waals surface area contributed by atoms with E-state index < -0.39 is 29.7 Å². The van der Waals surface area contributed by atoms with Crippen molar-refractivity contribution < 1.29 is 28.6 Å². The minimum Gasteiger partial charge on any atom is -0.466 e. The molecule has 6 heteroatoms. The Balaban J connectivity index is 4.76. The zero-order chi connectivity index (χ0) is 14.8. The lowest BCUT2D eigenvalue weighted by Crippen LogP contribution is -2.34. The molecule has 0 bridgehead atoms. The van der Waals surface area contributed by atoms with E-state index in [0.29, 0.717) is 0 Å². The summed E-state index contributed by atoms with van der Waals surface area (Å²) in [5.74, 6) is -3.41. The molecule has 0 N–H and O–H groups in total. The first-order chi connectivity index (χ1) is 8.97. The molecule has 0 amide bonds. The van der Waals surface area contributed by atoms with Crippen LogP contribution >= 0.6 is 0 Å². The molecule has 0 aromatic rings. The largest absolute Gasteiger partial charge is 0.466 e. The van der Waals surface area contributed by atoms with E-state index in [-0.39, 0.29) is 26.2 Å². The van der Waals surface area contributed by atoms with E-state index >= 15 is 0 Å². The monoisotopic (exact) mass is 274 g/mol. The number of ether oxygens (including phenoxy) is 3. The van der Waals surface area contributed by atoms with Gasteiger partial charge < -0.3 is 14.2 Å². The third-order valence-corrected chi connectivity index (χ3v) is 2.44. The maximum atomic E-state index is 11.8. The summed E-state index contributed by atoms with van der Waals surface area (Å²) in [6.07, 6.45) is -0.0316. The highest BCUT2D eigenvalue weighted by atomic mass is 16.6. The number of carbonyl (C=O) groups is 3. The number of esters is 3. The maximum Gasteiger partial charge on any atom is 0.320 e. The van der Waals surface area contributed by atoms with Crippen molar-refractivity contribution >= 4 is 17.9 Å². The molecule has 1 atom stereocenters. The van der Waals surface area contributed by atoms with Gasteiger partial charge in [0.2, 0.25) is 0 Å². The van der Waals surface area contributed by atoms with Gasteiger partial charge in [0.25, 0.3) is 0 Å². The summed E-state index contributed by atoms with van der Waals surface area (Å²) in [6, 6.07) is 0. The summed E-state index contributed by atoms with van der Waals surface area (Å²) < 4.78 is 14.5. The van der Waals surface area contributed by atoms with Crippen LogP contribution in [0.1, 0.15) is 34.1 Å². The summed E-state index contributed by atoms with van der Waals surface area (Å²) >= 11 is 0. The number of hydrogen-bond donors (Lipinski definition) is 0. The van der Waals surface area contributed by atoms with Crippen LogP contribution in [0.15, 0.2) is 0 Å². The van der Waals surface area contributed by atoms with Crippen molar-refractivity contribution in [3.63, 3.8) is 0 Å². The van der Waals surface area contributed by atoms with Gasteiger partial charge in [-0.3, -0.25) is 14.4 Å². The van der Waals surface area contributed by atoms with Crippen molar-refractivity contribution in [2.75, 3.05) is 19.8 Å². The SMILES string of the molecule is CCOC(=O)C[C@@H](C)C(C(=O)OCC)C(=O)OCC. The second-order valence-corrected chi connectivity index (χ2v) is 3.97. The van der Waals surface area contributed by atoms with Gasteiger partial charge in [0.05, 0.1) is 19.8 Å². The minimum atomic E-state index is -1.09. The number of carbonyl (C=O) groups excluding carboxylic acids is 3. The molecule has 0 aromatic carbocycles. The van der Waals surface area contributed by atoms with E-state index in [2.05, 4.69) is 0 Å². The Hall–Kier alpha value is -1.59. The molecule has 0 saturated heterocycles. The second-order valence-electron chi connectivity index (χ2n) is 3.97. The maximum absolute atomic E-state index is 11.8. The molecule has 0 unspecified atom stereocenters. The predicted octanol–water partition coefficient (Wildman–Crippen LogP) is 1.32. The van der Waals surface area contributed by atoms with Crippen LogP contribution in [0.3, 0.4) is 0 Å². The van der Waals surface area contributed by atoms with Gasteiger partial charge in [0.1, 0.15) is 0 Å². The molecule has 0 rings (SSSR count). The highest BCUT2D eigenvalue weighted by Crippen LogP contribution is 2.20. The molecular weight excluding hydrogens is 252 g/mol. The van der Waals surface area contributed by atoms with Crippen molar-refractivity contribution in [2.24, 2.45) is 11.8 Å². The van der Waals surface area contributed by atoms with Gasteiger partial charge in [0.15, 0.2) is 5.92 Å². The predicted molar refractivity (Wildman–Crippen MR) is 67.2 cm³/mol. The van der Waals surface area contributed by atoms with E-state index in [4.69, 9.17) is 14.2 Å². The van der Waals surface area contributed by atoms with Crippen LogP contribution < -0.4 is 0 Å². The Morgan fingerprint density at radius 3 is 1.63 bits per heavy atom. The lowest BCUT2D eigenvalue weighted by molar-refractivity contribution is -0.164. The molecule has 0 fully saturated rings. The van der Waals surface area contributed by atoms with Crippen molar-refractivity contribution in [2.45, 2.75) is 34.1 Å². The highest BCUT2D eigenvalue weighted by molar-refractivity contribution is 5.95. The lowest BCUT2D eigenvalue weighted by Gasteiger charge is -2.19. The van der Waals surface area contributed by atoms with E-state index in [1.807, 2.05) is 0 Å². The van der Waals surface area contributed by atoms with Crippen molar-refractivity contribution in [3.8, 4) is 0 Å². The fourth-order valence-corrected chi connectivity index (χ4v) is 1.63. The Bertz CT molecular complexity index is 294. The van der Waals surface area contributed by atoms with Gasteiger partial charge in [-0.25, -0.2) is 0 Å². The minimum absolute atomic E-state index is 0.0316. The molecule has 0 saturated carbocycles. The number of rotatable bonds is 8. The van der Waals surface area contributed by atoms with Crippen LogP contribution in [0.4, 0.5) is 0 Å². The van der Waals surface area contributed by atoms with Crippen LogP contribution in [0.25, 0.3) is 0 Å². The lowest BCUT2D eigenvalue weighted by atomic mass is 9.91. The molecule has 0 aliphatic heterocycles. The smallest absolute Gasteiger partial charge is 0.320 e. The molecule has 0 aliphatic rings. The molecule has 19 heavy (non-hydrogen) atoms. The first kappa shape index (κ1) is 17.4. The Morgan fingerprint density at radius 1 is 0.842 bits per heavy atom. The van der Waals surface area contributed by atoms with Crippen molar-refractivity contribution in [1.29, 1.82) is 0 Å². The van der Waals surface area contributed by atoms with Gasteiger partial charge in [-0.15, -0.1) is 0 Å². The van der Waals surface area contributed by atoms with Crippen LogP contribution in [0, 0.1) is 11.8 Å². The fraction of sp³-hybridized carbons (Fsp3) is 0.769. The Kier molecular flexibility index (Phi) is 8.57. The second kappa shape index (κ2) is 9.35. The third kappa shape index (κ3) is 6.22. The third-order valence-electron chi connectivity index (χ3n) is 2.44. The van der Waals surface area contributed by atoms with Crippen LogP contribution in [-0.4, -0.2) is 37.7 Å².